The Morgan fingerprint density at radius 1 is 1.14 bits per heavy atom. The molecule has 0 spiro atoms. The van der Waals surface area contributed by atoms with Crippen LogP contribution in [-0.4, -0.2) is 25.7 Å². The fraction of sp³-hybridized carbons (Fsp3) is 0.562. The van der Waals surface area contributed by atoms with Crippen LogP contribution in [-0.2, 0) is 6.42 Å². The van der Waals surface area contributed by atoms with Crippen molar-refractivity contribution in [2.24, 2.45) is 11.8 Å². The van der Waals surface area contributed by atoms with Crippen LogP contribution in [0.25, 0.3) is 6.08 Å². The highest BCUT2D eigenvalue weighted by Crippen LogP contribution is 2.30. The van der Waals surface area contributed by atoms with Crippen LogP contribution in [0.4, 0.5) is 5.69 Å². The Bertz CT molecular complexity index is 958. The molecule has 0 unspecified atom stereocenters. The first-order chi connectivity index (χ1) is 17.9. The van der Waals surface area contributed by atoms with E-state index in [-0.39, 0.29) is 6.04 Å². The lowest BCUT2D eigenvalue weighted by molar-refractivity contribution is 0.266. The van der Waals surface area contributed by atoms with Gasteiger partial charge in [0.15, 0.2) is 0 Å². The lowest BCUT2D eigenvalue weighted by Gasteiger charge is -2.27. The van der Waals surface area contributed by atoms with Gasteiger partial charge in [0.1, 0.15) is 11.8 Å². The molecule has 1 fully saturated rings. The molecule has 0 aliphatic heterocycles. The van der Waals surface area contributed by atoms with Gasteiger partial charge in [-0.05, 0) is 75.4 Å². The topological polar surface area (TPSA) is 70.0 Å². The summed E-state index contributed by atoms with van der Waals surface area (Å²) >= 11 is 0. The van der Waals surface area contributed by atoms with E-state index in [2.05, 4.69) is 63.0 Å². The van der Waals surface area contributed by atoms with Crippen LogP contribution in [0.5, 0.6) is 5.75 Å². The van der Waals surface area contributed by atoms with E-state index < -0.39 is 0 Å². The summed E-state index contributed by atoms with van der Waals surface area (Å²) in [7, 11) is 3.70. The summed E-state index contributed by atoms with van der Waals surface area (Å²) in [6.45, 7) is 15.6. The van der Waals surface area contributed by atoms with Crippen molar-refractivity contribution < 1.29 is 4.74 Å². The van der Waals surface area contributed by atoms with Crippen LogP contribution in [0.3, 0.4) is 0 Å². The number of benzene rings is 1. The zero-order valence-electron chi connectivity index (χ0n) is 24.4. The minimum Gasteiger partial charge on any atom is -0.495 e. The molecule has 1 aliphatic rings. The third kappa shape index (κ3) is 11.0. The Hall–Kier alpha value is -2.84. The number of ether oxygens (including phenoxy) is 1. The highest BCUT2D eigenvalue weighted by molar-refractivity contribution is 5.64. The lowest BCUT2D eigenvalue weighted by Crippen LogP contribution is -2.23. The number of pyridine rings is 1. The fourth-order valence-electron chi connectivity index (χ4n) is 4.56. The molecular weight excluding hydrogens is 456 g/mol. The summed E-state index contributed by atoms with van der Waals surface area (Å²) in [4.78, 5) is 4.36. The van der Waals surface area contributed by atoms with Gasteiger partial charge < -0.3 is 15.4 Å². The molecule has 5 nitrogen and oxygen atoms in total. The van der Waals surface area contributed by atoms with E-state index >= 15 is 0 Å². The summed E-state index contributed by atoms with van der Waals surface area (Å²) < 4.78 is 5.42. The van der Waals surface area contributed by atoms with E-state index in [0.717, 1.165) is 46.5 Å². The summed E-state index contributed by atoms with van der Waals surface area (Å²) in [5.74, 6) is 2.76. The number of rotatable bonds is 9. The van der Waals surface area contributed by atoms with Crippen LogP contribution >= 0.6 is 0 Å². The van der Waals surface area contributed by atoms with Gasteiger partial charge >= 0.3 is 0 Å². The third-order valence-corrected chi connectivity index (χ3v) is 6.81. The van der Waals surface area contributed by atoms with Crippen molar-refractivity contribution in [2.45, 2.75) is 85.6 Å². The molecule has 1 atom stereocenters. The Morgan fingerprint density at radius 2 is 1.78 bits per heavy atom. The zero-order valence-corrected chi connectivity index (χ0v) is 24.4. The van der Waals surface area contributed by atoms with Gasteiger partial charge in [0.2, 0.25) is 0 Å². The molecule has 204 valence electrons. The molecular formula is C32H50N4O. The minimum atomic E-state index is -0.0140. The van der Waals surface area contributed by atoms with Crippen molar-refractivity contribution in [3.63, 3.8) is 0 Å². The highest BCUT2D eigenvalue weighted by Gasteiger charge is 2.18. The van der Waals surface area contributed by atoms with E-state index in [0.29, 0.717) is 5.56 Å². The van der Waals surface area contributed by atoms with Crippen LogP contribution in [0.15, 0.2) is 37.0 Å². The van der Waals surface area contributed by atoms with Gasteiger partial charge in [0.05, 0.1) is 30.6 Å². The maximum Gasteiger partial charge on any atom is 0.142 e. The average Bonchev–Trinajstić information content (AvgIpc) is 2.94. The normalized spacial score (nSPS) is 17.1. The molecule has 1 saturated carbocycles. The molecule has 0 bridgehead atoms. The maximum atomic E-state index is 9.35. The van der Waals surface area contributed by atoms with Crippen LogP contribution in [0.2, 0.25) is 0 Å². The number of nitrogens with one attached hydrogen (secondary N) is 2. The van der Waals surface area contributed by atoms with E-state index in [1.54, 1.807) is 19.4 Å². The number of aryl methyl sites for hydroxylation is 1. The molecule has 3 rings (SSSR count). The molecule has 2 aromatic rings. The van der Waals surface area contributed by atoms with Crippen molar-refractivity contribution in [3.05, 3.63) is 59.4 Å². The van der Waals surface area contributed by atoms with Crippen molar-refractivity contribution in [1.29, 1.82) is 5.26 Å². The Kier molecular flexibility index (Phi) is 16.0. The van der Waals surface area contributed by atoms with Crippen LogP contribution < -0.4 is 15.4 Å². The SMILES string of the molecule is C=Cc1ccc(N[C@@H](C)c2cc(CC)ncc2OC)c(C#N)c1.CCC.CCC1CCC(CNC)CC1. The molecule has 37 heavy (non-hydrogen) atoms. The minimum absolute atomic E-state index is 0.0140. The average molecular weight is 507 g/mol. The first kappa shape index (κ1) is 32.2. The van der Waals surface area contributed by atoms with Gasteiger partial charge in [-0.15, -0.1) is 0 Å². The standard InChI is InChI=1S/C19H21N3O.C10H21N.C3H8/c1-5-14-7-8-18(15(9-14)11-20)22-13(3)17-10-16(6-2)21-12-19(17)23-4;1-3-9-4-6-10(7-5-9)8-11-2;1-3-2/h5,7-10,12-13,22H,1,6H2,2-4H3;9-11H,3-8H2,1-2H3;3H2,1-2H3/t13-;;/m0../s1. The molecule has 1 aliphatic carbocycles. The largest absolute Gasteiger partial charge is 0.495 e. The second-order valence-corrected chi connectivity index (χ2v) is 9.82. The first-order valence-corrected chi connectivity index (χ1v) is 14.0. The Morgan fingerprint density at radius 3 is 2.30 bits per heavy atom. The van der Waals surface area contributed by atoms with Gasteiger partial charge in [0.25, 0.3) is 0 Å². The smallest absolute Gasteiger partial charge is 0.142 e. The van der Waals surface area contributed by atoms with E-state index in [9.17, 15) is 5.26 Å². The summed E-state index contributed by atoms with van der Waals surface area (Å²) in [6.07, 6.45) is 12.9. The van der Waals surface area contributed by atoms with Crippen molar-refractivity contribution in [2.75, 3.05) is 26.0 Å². The number of methoxy groups -OCH3 is 1. The summed E-state index contributed by atoms with van der Waals surface area (Å²) in [5.41, 5.74) is 4.35. The molecule has 0 radical (unpaired) electrons. The fourth-order valence-corrected chi connectivity index (χ4v) is 4.56. The molecule has 0 saturated heterocycles. The first-order valence-electron chi connectivity index (χ1n) is 14.0. The monoisotopic (exact) mass is 506 g/mol. The molecule has 1 heterocycles. The van der Waals surface area contributed by atoms with Crippen LogP contribution in [0.1, 0.15) is 102 Å². The number of hydrogen-bond acceptors (Lipinski definition) is 5. The second-order valence-electron chi connectivity index (χ2n) is 9.82. The predicted molar refractivity (Wildman–Crippen MR) is 159 cm³/mol. The predicted octanol–water partition coefficient (Wildman–Crippen LogP) is 8.18. The summed E-state index contributed by atoms with van der Waals surface area (Å²) in [5, 5.41) is 16.0. The lowest BCUT2D eigenvalue weighted by atomic mass is 9.81. The molecule has 1 aromatic heterocycles. The van der Waals surface area contributed by atoms with Crippen LogP contribution in [0, 0.1) is 23.2 Å². The van der Waals surface area contributed by atoms with Crippen molar-refractivity contribution in [3.8, 4) is 11.8 Å². The summed E-state index contributed by atoms with van der Waals surface area (Å²) in [6, 6.07) is 9.91. The number of aromatic nitrogens is 1. The molecule has 5 heteroatoms. The number of anilines is 1. The number of nitriles is 1. The third-order valence-electron chi connectivity index (χ3n) is 6.81. The van der Waals surface area contributed by atoms with Gasteiger partial charge in [-0.2, -0.15) is 5.26 Å². The van der Waals surface area contributed by atoms with E-state index in [1.807, 2.05) is 31.2 Å². The molecule has 1 aromatic carbocycles. The highest BCUT2D eigenvalue weighted by atomic mass is 16.5. The molecule has 2 N–H and O–H groups in total. The zero-order chi connectivity index (χ0) is 27.6. The van der Waals surface area contributed by atoms with Gasteiger partial charge in [-0.3, -0.25) is 4.98 Å². The number of hydrogen-bond donors (Lipinski definition) is 2. The Balaban J connectivity index is 0.000000406. The van der Waals surface area contributed by atoms with Crippen molar-refractivity contribution >= 4 is 11.8 Å². The van der Waals surface area contributed by atoms with E-state index in [4.69, 9.17) is 4.74 Å². The van der Waals surface area contributed by atoms with Gasteiger partial charge in [-0.1, -0.05) is 72.1 Å². The van der Waals surface area contributed by atoms with Gasteiger partial charge in [0, 0.05) is 11.3 Å². The van der Waals surface area contributed by atoms with Gasteiger partial charge in [-0.25, -0.2) is 0 Å². The maximum absolute atomic E-state index is 9.35. The second kappa shape index (κ2) is 18.4. The van der Waals surface area contributed by atoms with Crippen molar-refractivity contribution in [1.82, 2.24) is 10.3 Å². The molecule has 0 amide bonds. The Labute approximate surface area is 226 Å². The van der Waals surface area contributed by atoms with E-state index in [1.165, 1.54) is 45.1 Å². The quantitative estimate of drug-likeness (QED) is 0.359. The number of nitrogens with zero attached hydrogens (tertiary/aromatic N) is 2.